The number of thiophene rings is 1. The van der Waals surface area contributed by atoms with Crippen LogP contribution in [0.1, 0.15) is 24.5 Å². The van der Waals surface area contributed by atoms with Crippen LogP contribution in [-0.2, 0) is 6.54 Å². The summed E-state index contributed by atoms with van der Waals surface area (Å²) in [6.45, 7) is 5.29. The molecule has 2 aromatic rings. The Morgan fingerprint density at radius 3 is 2.70 bits per heavy atom. The van der Waals surface area contributed by atoms with Crippen molar-refractivity contribution in [1.29, 1.82) is 0 Å². The highest BCUT2D eigenvalue weighted by atomic mass is 32.1. The van der Waals surface area contributed by atoms with Gasteiger partial charge in [0.1, 0.15) is 0 Å². The van der Waals surface area contributed by atoms with E-state index in [1.807, 2.05) is 6.92 Å². The van der Waals surface area contributed by atoms with Gasteiger partial charge in [-0.15, -0.1) is 0 Å². The van der Waals surface area contributed by atoms with Crippen molar-refractivity contribution in [1.82, 2.24) is 15.0 Å². The highest BCUT2D eigenvalue weighted by molar-refractivity contribution is 7.08. The molecule has 0 aliphatic heterocycles. The van der Waals surface area contributed by atoms with Crippen LogP contribution in [0, 0.1) is 6.92 Å². The Labute approximate surface area is 121 Å². The van der Waals surface area contributed by atoms with Gasteiger partial charge in [-0.1, -0.05) is 6.92 Å². The Morgan fingerprint density at radius 1 is 1.25 bits per heavy atom. The predicted octanol–water partition coefficient (Wildman–Crippen LogP) is 1.93. The maximum absolute atomic E-state index is 5.40. The number of anilines is 2. The number of ether oxygens (including phenoxy) is 1. The molecule has 0 atom stereocenters. The first-order valence-electron chi connectivity index (χ1n) is 6.34. The molecule has 8 heteroatoms. The summed E-state index contributed by atoms with van der Waals surface area (Å²) in [6.07, 6.45) is 0.883. The summed E-state index contributed by atoms with van der Waals surface area (Å²) < 4.78 is 5.40. The first kappa shape index (κ1) is 14.5. The van der Waals surface area contributed by atoms with E-state index < -0.39 is 0 Å². The summed E-state index contributed by atoms with van der Waals surface area (Å²) in [6, 6.07) is 0.263. The molecule has 2 heterocycles. The Hall–Kier alpha value is -1.93. The van der Waals surface area contributed by atoms with Gasteiger partial charge in [0.25, 0.3) is 0 Å². The van der Waals surface area contributed by atoms with Gasteiger partial charge in [0.15, 0.2) is 0 Å². The standard InChI is InChI=1S/C12H18N6OS/c1-3-4-19-12-16-10(15-11(17-12)18-13)14-5-9-7-20-6-8(9)2/h6-7H,3-5,13H2,1-2H3,(H2,14,15,16,17,18). The number of hydrazine groups is 1. The molecule has 0 radical (unpaired) electrons. The summed E-state index contributed by atoms with van der Waals surface area (Å²) in [7, 11) is 0. The molecule has 0 aliphatic rings. The fraction of sp³-hybridized carbons (Fsp3) is 0.417. The Bertz CT molecular complexity index is 559. The summed E-state index contributed by atoms with van der Waals surface area (Å²) >= 11 is 1.67. The Morgan fingerprint density at radius 2 is 2.05 bits per heavy atom. The molecule has 0 bridgehead atoms. The first-order valence-corrected chi connectivity index (χ1v) is 7.28. The van der Waals surface area contributed by atoms with Crippen molar-refractivity contribution in [3.05, 3.63) is 21.9 Å². The van der Waals surface area contributed by atoms with Crippen LogP contribution in [0.15, 0.2) is 10.8 Å². The van der Waals surface area contributed by atoms with Crippen molar-refractivity contribution >= 4 is 23.2 Å². The Balaban J connectivity index is 2.07. The van der Waals surface area contributed by atoms with Crippen molar-refractivity contribution in [2.75, 3.05) is 17.3 Å². The summed E-state index contributed by atoms with van der Waals surface area (Å²) in [5.41, 5.74) is 4.87. The van der Waals surface area contributed by atoms with Crippen LogP contribution < -0.4 is 21.3 Å². The van der Waals surface area contributed by atoms with Crippen LogP contribution in [-0.4, -0.2) is 21.6 Å². The minimum Gasteiger partial charge on any atom is -0.463 e. The third-order valence-electron chi connectivity index (χ3n) is 2.58. The van der Waals surface area contributed by atoms with E-state index in [0.717, 1.165) is 6.42 Å². The molecule has 2 aromatic heterocycles. The van der Waals surface area contributed by atoms with E-state index in [9.17, 15) is 0 Å². The van der Waals surface area contributed by atoms with Crippen LogP contribution in [0.3, 0.4) is 0 Å². The lowest BCUT2D eigenvalue weighted by molar-refractivity contribution is 0.292. The molecule has 20 heavy (non-hydrogen) atoms. The van der Waals surface area contributed by atoms with Crippen molar-refractivity contribution < 1.29 is 4.74 Å². The average molecular weight is 294 g/mol. The quantitative estimate of drug-likeness (QED) is 0.530. The molecule has 0 amide bonds. The number of aromatic nitrogens is 3. The highest BCUT2D eigenvalue weighted by Crippen LogP contribution is 2.16. The normalized spacial score (nSPS) is 10.3. The van der Waals surface area contributed by atoms with Gasteiger partial charge in [-0.3, -0.25) is 5.43 Å². The number of nitrogens with two attached hydrogens (primary N) is 1. The molecule has 4 N–H and O–H groups in total. The number of aryl methyl sites for hydroxylation is 1. The molecule has 0 saturated carbocycles. The monoisotopic (exact) mass is 294 g/mol. The van der Waals surface area contributed by atoms with Crippen LogP contribution in [0.4, 0.5) is 11.9 Å². The SMILES string of the molecule is CCCOc1nc(NN)nc(NCc2cscc2C)n1. The van der Waals surface area contributed by atoms with Crippen LogP contribution in [0.5, 0.6) is 6.01 Å². The van der Waals surface area contributed by atoms with Crippen molar-refractivity contribution in [3.63, 3.8) is 0 Å². The molecule has 0 fully saturated rings. The lowest BCUT2D eigenvalue weighted by atomic mass is 10.2. The first-order chi connectivity index (χ1) is 9.72. The highest BCUT2D eigenvalue weighted by Gasteiger charge is 2.07. The zero-order valence-corrected chi connectivity index (χ0v) is 12.3. The molecule has 0 saturated heterocycles. The minimum atomic E-state index is 0.263. The number of hydrogen-bond acceptors (Lipinski definition) is 8. The smallest absolute Gasteiger partial charge is 0.323 e. The van der Waals surface area contributed by atoms with Crippen molar-refractivity contribution in [3.8, 4) is 6.01 Å². The molecule has 7 nitrogen and oxygen atoms in total. The average Bonchev–Trinajstić information content (AvgIpc) is 2.88. The van der Waals surface area contributed by atoms with Gasteiger partial charge in [0.2, 0.25) is 11.9 Å². The summed E-state index contributed by atoms with van der Waals surface area (Å²) in [4.78, 5) is 12.4. The maximum Gasteiger partial charge on any atom is 0.323 e. The van der Waals surface area contributed by atoms with E-state index >= 15 is 0 Å². The number of hydrogen-bond donors (Lipinski definition) is 3. The van der Waals surface area contributed by atoms with E-state index in [0.29, 0.717) is 19.1 Å². The third kappa shape index (κ3) is 3.78. The van der Waals surface area contributed by atoms with Gasteiger partial charge in [0.05, 0.1) is 6.61 Å². The van der Waals surface area contributed by atoms with Gasteiger partial charge < -0.3 is 10.1 Å². The van der Waals surface area contributed by atoms with E-state index in [4.69, 9.17) is 10.6 Å². The number of nitrogen functional groups attached to an aromatic ring is 1. The fourth-order valence-electron chi connectivity index (χ4n) is 1.50. The van der Waals surface area contributed by atoms with E-state index in [1.165, 1.54) is 11.1 Å². The van der Waals surface area contributed by atoms with Gasteiger partial charge in [-0.2, -0.15) is 26.3 Å². The lowest BCUT2D eigenvalue weighted by Crippen LogP contribution is -2.14. The third-order valence-corrected chi connectivity index (χ3v) is 3.49. The topological polar surface area (TPSA) is 98.0 Å². The summed E-state index contributed by atoms with van der Waals surface area (Å²) in [5.74, 6) is 6.06. The zero-order chi connectivity index (χ0) is 14.4. The van der Waals surface area contributed by atoms with E-state index in [-0.39, 0.29) is 12.0 Å². The number of nitrogens with zero attached hydrogens (tertiary/aromatic N) is 3. The second-order valence-electron chi connectivity index (χ2n) is 4.19. The molecule has 108 valence electrons. The van der Waals surface area contributed by atoms with Crippen molar-refractivity contribution in [2.24, 2.45) is 5.84 Å². The Kier molecular flexibility index (Phi) is 5.08. The second kappa shape index (κ2) is 7.01. The van der Waals surface area contributed by atoms with E-state index in [2.05, 4.69) is 43.4 Å². The molecular formula is C12H18N6OS. The number of rotatable bonds is 7. The second-order valence-corrected chi connectivity index (χ2v) is 4.94. The largest absolute Gasteiger partial charge is 0.463 e. The number of nitrogens with one attached hydrogen (secondary N) is 2. The molecule has 0 spiro atoms. The van der Waals surface area contributed by atoms with Crippen molar-refractivity contribution in [2.45, 2.75) is 26.8 Å². The molecule has 0 aliphatic carbocycles. The van der Waals surface area contributed by atoms with Gasteiger partial charge in [-0.25, -0.2) is 5.84 Å². The van der Waals surface area contributed by atoms with Gasteiger partial charge in [0, 0.05) is 6.54 Å². The zero-order valence-electron chi connectivity index (χ0n) is 11.5. The van der Waals surface area contributed by atoms with E-state index in [1.54, 1.807) is 11.3 Å². The molecule has 0 aromatic carbocycles. The molecule has 0 unspecified atom stereocenters. The van der Waals surface area contributed by atoms with Crippen LogP contribution >= 0.6 is 11.3 Å². The lowest BCUT2D eigenvalue weighted by Gasteiger charge is -2.08. The molecular weight excluding hydrogens is 276 g/mol. The van der Waals surface area contributed by atoms with Gasteiger partial charge in [-0.05, 0) is 35.2 Å². The van der Waals surface area contributed by atoms with Crippen LogP contribution in [0.25, 0.3) is 0 Å². The minimum absolute atomic E-state index is 0.263. The van der Waals surface area contributed by atoms with Gasteiger partial charge >= 0.3 is 6.01 Å². The van der Waals surface area contributed by atoms with Crippen LogP contribution in [0.2, 0.25) is 0 Å². The fourth-order valence-corrected chi connectivity index (χ4v) is 2.36. The summed E-state index contributed by atoms with van der Waals surface area (Å²) in [5, 5.41) is 7.35. The predicted molar refractivity (Wildman–Crippen MR) is 79.8 cm³/mol. The molecule has 2 rings (SSSR count). The maximum atomic E-state index is 5.40.